The quantitative estimate of drug-likeness (QED) is 0.707. The van der Waals surface area contributed by atoms with Gasteiger partial charge in [0.25, 0.3) is 0 Å². The fourth-order valence-corrected chi connectivity index (χ4v) is 1.84. The molecule has 1 aliphatic heterocycles. The number of aliphatic hydroxyl groups is 1. The van der Waals surface area contributed by atoms with Crippen molar-refractivity contribution in [3.05, 3.63) is 30.1 Å². The average Bonchev–Trinajstić information content (AvgIpc) is 2.74. The van der Waals surface area contributed by atoms with Gasteiger partial charge in [0.1, 0.15) is 5.60 Å². The van der Waals surface area contributed by atoms with Gasteiger partial charge >= 0.3 is 0 Å². The van der Waals surface area contributed by atoms with E-state index in [9.17, 15) is 5.11 Å². The third-order valence-electron chi connectivity index (χ3n) is 2.85. The van der Waals surface area contributed by atoms with Crippen molar-refractivity contribution in [3.63, 3.8) is 0 Å². The number of rotatable bonds is 5. The van der Waals surface area contributed by atoms with E-state index in [2.05, 4.69) is 16.4 Å². The minimum Gasteiger partial charge on any atom is -0.386 e. The zero-order valence-corrected chi connectivity index (χ0v) is 9.35. The fraction of sp³-hybridized carbons (Fsp3) is 0.583. The summed E-state index contributed by atoms with van der Waals surface area (Å²) in [6.45, 7) is 2.58. The molecule has 2 N–H and O–H groups in total. The van der Waals surface area contributed by atoms with Crippen LogP contribution in [0.5, 0.6) is 0 Å². The molecule has 0 saturated carbocycles. The highest BCUT2D eigenvalue weighted by Gasteiger charge is 2.31. The normalized spacial score (nSPS) is 24.8. The summed E-state index contributed by atoms with van der Waals surface area (Å²) in [4.78, 5) is 4.06. The van der Waals surface area contributed by atoms with Crippen molar-refractivity contribution in [3.8, 4) is 0 Å². The maximum atomic E-state index is 9.99. The van der Waals surface area contributed by atoms with Gasteiger partial charge < -0.3 is 15.2 Å². The highest BCUT2D eigenvalue weighted by molar-refractivity contribution is 5.08. The lowest BCUT2D eigenvalue weighted by Gasteiger charge is -2.20. The summed E-state index contributed by atoms with van der Waals surface area (Å²) in [6, 6.07) is 4.00. The molecule has 0 aliphatic carbocycles. The lowest BCUT2D eigenvalue weighted by Crippen LogP contribution is -2.41. The van der Waals surface area contributed by atoms with Gasteiger partial charge in [0.05, 0.1) is 6.61 Å². The Morgan fingerprint density at radius 1 is 1.56 bits per heavy atom. The maximum absolute atomic E-state index is 9.99. The number of aromatic nitrogens is 1. The first-order valence-corrected chi connectivity index (χ1v) is 5.68. The largest absolute Gasteiger partial charge is 0.386 e. The van der Waals surface area contributed by atoms with Crippen molar-refractivity contribution in [1.29, 1.82) is 0 Å². The molecular weight excluding hydrogens is 204 g/mol. The zero-order valence-electron chi connectivity index (χ0n) is 9.35. The number of nitrogens with zero attached hydrogens (tertiary/aromatic N) is 1. The van der Waals surface area contributed by atoms with Crippen LogP contribution in [0.4, 0.5) is 0 Å². The molecule has 2 heterocycles. The molecule has 4 nitrogen and oxygen atoms in total. The second kappa shape index (κ2) is 5.39. The number of nitrogens with one attached hydrogen (secondary N) is 1. The molecule has 0 radical (unpaired) electrons. The van der Waals surface area contributed by atoms with Gasteiger partial charge in [0.15, 0.2) is 0 Å². The Labute approximate surface area is 95.7 Å². The molecule has 1 aromatic heterocycles. The molecule has 16 heavy (non-hydrogen) atoms. The van der Waals surface area contributed by atoms with Crippen LogP contribution in [0.1, 0.15) is 12.0 Å². The van der Waals surface area contributed by atoms with Crippen LogP contribution in [0.25, 0.3) is 0 Å². The van der Waals surface area contributed by atoms with E-state index in [1.807, 2.05) is 12.3 Å². The molecule has 0 amide bonds. The van der Waals surface area contributed by atoms with Crippen LogP contribution in [-0.4, -0.2) is 42.0 Å². The molecule has 1 fully saturated rings. The number of ether oxygens (including phenoxy) is 1. The molecule has 1 saturated heterocycles. The summed E-state index contributed by atoms with van der Waals surface area (Å²) in [5.74, 6) is 0. The lowest BCUT2D eigenvalue weighted by molar-refractivity contribution is 0.0273. The molecule has 1 atom stereocenters. The molecule has 1 aromatic rings. The lowest BCUT2D eigenvalue weighted by atomic mass is 10.0. The Balaban J connectivity index is 1.65. The van der Waals surface area contributed by atoms with Gasteiger partial charge in [-0.1, -0.05) is 6.07 Å². The predicted octanol–water partition coefficient (Wildman–Crippen LogP) is 0.365. The molecule has 88 valence electrons. The second-order valence-electron chi connectivity index (χ2n) is 4.31. The van der Waals surface area contributed by atoms with Gasteiger partial charge in [-0.25, -0.2) is 0 Å². The smallest absolute Gasteiger partial charge is 0.102 e. The fourth-order valence-electron chi connectivity index (χ4n) is 1.84. The van der Waals surface area contributed by atoms with E-state index >= 15 is 0 Å². The zero-order chi connectivity index (χ0) is 11.3. The van der Waals surface area contributed by atoms with Gasteiger partial charge in [-0.05, 0) is 24.6 Å². The standard InChI is InChI=1S/C12H18N2O2/c15-12(4-7-16-10-12)9-14-6-3-11-2-1-5-13-8-11/h1-2,5,8,14-15H,3-4,6-7,9-10H2. The van der Waals surface area contributed by atoms with E-state index < -0.39 is 5.60 Å². The Bertz CT molecular complexity index is 310. The van der Waals surface area contributed by atoms with E-state index in [1.165, 1.54) is 5.56 Å². The summed E-state index contributed by atoms with van der Waals surface area (Å²) >= 11 is 0. The molecule has 4 heteroatoms. The monoisotopic (exact) mass is 222 g/mol. The van der Waals surface area contributed by atoms with Crippen molar-refractivity contribution in [2.24, 2.45) is 0 Å². The highest BCUT2D eigenvalue weighted by Crippen LogP contribution is 2.16. The Kier molecular flexibility index (Phi) is 3.88. The first-order valence-electron chi connectivity index (χ1n) is 5.68. The summed E-state index contributed by atoms with van der Waals surface area (Å²) in [6.07, 6.45) is 5.31. The van der Waals surface area contributed by atoms with E-state index in [1.54, 1.807) is 6.20 Å². The van der Waals surface area contributed by atoms with Crippen LogP contribution in [0.15, 0.2) is 24.5 Å². The van der Waals surface area contributed by atoms with E-state index in [0.717, 1.165) is 19.4 Å². The second-order valence-corrected chi connectivity index (χ2v) is 4.31. The van der Waals surface area contributed by atoms with E-state index in [0.29, 0.717) is 19.8 Å². The first-order chi connectivity index (χ1) is 7.79. The molecule has 0 aromatic carbocycles. The minimum atomic E-state index is -0.658. The maximum Gasteiger partial charge on any atom is 0.102 e. The van der Waals surface area contributed by atoms with Crippen molar-refractivity contribution >= 4 is 0 Å². The van der Waals surface area contributed by atoms with Crippen LogP contribution >= 0.6 is 0 Å². The Hall–Kier alpha value is -0.970. The van der Waals surface area contributed by atoms with Gasteiger partial charge in [0.2, 0.25) is 0 Å². The number of pyridine rings is 1. The van der Waals surface area contributed by atoms with Crippen molar-refractivity contribution in [1.82, 2.24) is 10.3 Å². The van der Waals surface area contributed by atoms with Gasteiger partial charge in [-0.3, -0.25) is 4.98 Å². The molecule has 1 aliphatic rings. The molecule has 0 bridgehead atoms. The van der Waals surface area contributed by atoms with Crippen LogP contribution in [0, 0.1) is 0 Å². The van der Waals surface area contributed by atoms with Crippen LogP contribution in [-0.2, 0) is 11.2 Å². The number of hydrogen-bond donors (Lipinski definition) is 2. The predicted molar refractivity (Wildman–Crippen MR) is 61.2 cm³/mol. The van der Waals surface area contributed by atoms with Gasteiger partial charge in [0, 0.05) is 32.0 Å². The van der Waals surface area contributed by atoms with Crippen molar-refractivity contribution in [2.45, 2.75) is 18.4 Å². The molecular formula is C12H18N2O2. The summed E-state index contributed by atoms with van der Waals surface area (Å²) in [7, 11) is 0. The molecule has 0 spiro atoms. The highest BCUT2D eigenvalue weighted by atomic mass is 16.5. The Morgan fingerprint density at radius 2 is 2.50 bits per heavy atom. The van der Waals surface area contributed by atoms with Crippen molar-refractivity contribution < 1.29 is 9.84 Å². The summed E-state index contributed by atoms with van der Waals surface area (Å²) < 4.78 is 5.18. The van der Waals surface area contributed by atoms with Gasteiger partial charge in [-0.2, -0.15) is 0 Å². The SMILES string of the molecule is OC1(CNCCc2cccnc2)CCOC1. The molecule has 2 rings (SSSR count). The van der Waals surface area contributed by atoms with Gasteiger partial charge in [-0.15, -0.1) is 0 Å². The van der Waals surface area contributed by atoms with Crippen LogP contribution in [0.2, 0.25) is 0 Å². The van der Waals surface area contributed by atoms with Crippen molar-refractivity contribution in [2.75, 3.05) is 26.3 Å². The average molecular weight is 222 g/mol. The van der Waals surface area contributed by atoms with E-state index in [-0.39, 0.29) is 0 Å². The van der Waals surface area contributed by atoms with E-state index in [4.69, 9.17) is 4.74 Å². The third kappa shape index (κ3) is 3.27. The summed E-state index contributed by atoms with van der Waals surface area (Å²) in [5.41, 5.74) is 0.555. The molecule has 1 unspecified atom stereocenters. The van der Waals surface area contributed by atoms with Crippen LogP contribution in [0.3, 0.4) is 0 Å². The topological polar surface area (TPSA) is 54.4 Å². The Morgan fingerprint density at radius 3 is 3.19 bits per heavy atom. The first kappa shape index (κ1) is 11.5. The van der Waals surface area contributed by atoms with Crippen LogP contribution < -0.4 is 5.32 Å². The number of hydrogen-bond acceptors (Lipinski definition) is 4. The third-order valence-corrected chi connectivity index (χ3v) is 2.85. The minimum absolute atomic E-state index is 0.451. The summed E-state index contributed by atoms with van der Waals surface area (Å²) in [5, 5.41) is 13.2.